The summed E-state index contributed by atoms with van der Waals surface area (Å²) in [7, 11) is 3.29. The standard InChI is InChI=1S/C15H21NO3/c1-9-7-13(8-16(5)15(18)12(4)17)10(2)11(3)14(9)19-6/h7H,8H2,1-6H3. The second-order valence-electron chi connectivity index (χ2n) is 4.85. The first-order valence-electron chi connectivity index (χ1n) is 6.19. The zero-order valence-electron chi connectivity index (χ0n) is 12.5. The number of methoxy groups -OCH3 is 1. The van der Waals surface area contributed by atoms with Gasteiger partial charge in [-0.1, -0.05) is 6.07 Å². The van der Waals surface area contributed by atoms with Crippen molar-refractivity contribution in [2.45, 2.75) is 34.2 Å². The van der Waals surface area contributed by atoms with Crippen LogP contribution in [0.15, 0.2) is 6.07 Å². The van der Waals surface area contributed by atoms with E-state index in [9.17, 15) is 9.59 Å². The van der Waals surface area contributed by atoms with Crippen LogP contribution in [0.1, 0.15) is 29.2 Å². The largest absolute Gasteiger partial charge is 0.496 e. The Kier molecular flexibility index (Phi) is 4.70. The number of Topliss-reactive ketones (excluding diaryl/α,β-unsaturated/α-hetero) is 1. The fraction of sp³-hybridized carbons (Fsp3) is 0.467. The highest BCUT2D eigenvalue weighted by molar-refractivity contribution is 6.34. The average molecular weight is 263 g/mol. The molecule has 0 radical (unpaired) electrons. The Morgan fingerprint density at radius 2 is 1.79 bits per heavy atom. The van der Waals surface area contributed by atoms with E-state index in [0.29, 0.717) is 6.54 Å². The van der Waals surface area contributed by atoms with Gasteiger partial charge in [-0.05, 0) is 43.0 Å². The van der Waals surface area contributed by atoms with Gasteiger partial charge in [-0.15, -0.1) is 0 Å². The molecule has 1 rings (SSSR count). The van der Waals surface area contributed by atoms with Gasteiger partial charge in [0.2, 0.25) is 5.78 Å². The number of carbonyl (C=O) groups excluding carboxylic acids is 2. The lowest BCUT2D eigenvalue weighted by molar-refractivity contribution is -0.143. The van der Waals surface area contributed by atoms with Crippen molar-refractivity contribution in [1.82, 2.24) is 4.90 Å². The summed E-state index contributed by atoms with van der Waals surface area (Å²) in [6.07, 6.45) is 0. The van der Waals surface area contributed by atoms with Gasteiger partial charge in [-0.2, -0.15) is 0 Å². The summed E-state index contributed by atoms with van der Waals surface area (Å²) in [5.41, 5.74) is 4.23. The lowest BCUT2D eigenvalue weighted by Crippen LogP contribution is -2.31. The van der Waals surface area contributed by atoms with Crippen LogP contribution in [-0.2, 0) is 16.1 Å². The SMILES string of the molecule is COc1c(C)cc(CN(C)C(=O)C(C)=O)c(C)c1C. The molecule has 0 saturated carbocycles. The van der Waals surface area contributed by atoms with Gasteiger partial charge in [0.25, 0.3) is 5.91 Å². The predicted molar refractivity (Wildman–Crippen MR) is 74.4 cm³/mol. The number of carbonyl (C=O) groups is 2. The van der Waals surface area contributed by atoms with Crippen LogP contribution in [0, 0.1) is 20.8 Å². The normalized spacial score (nSPS) is 10.2. The van der Waals surface area contributed by atoms with Gasteiger partial charge in [-0.25, -0.2) is 0 Å². The van der Waals surface area contributed by atoms with Crippen LogP contribution in [0.25, 0.3) is 0 Å². The van der Waals surface area contributed by atoms with Crippen molar-refractivity contribution in [3.05, 3.63) is 28.3 Å². The Morgan fingerprint density at radius 1 is 1.21 bits per heavy atom. The molecule has 0 spiro atoms. The fourth-order valence-electron chi connectivity index (χ4n) is 2.22. The van der Waals surface area contributed by atoms with E-state index in [-0.39, 0.29) is 0 Å². The molecule has 0 heterocycles. The van der Waals surface area contributed by atoms with Gasteiger partial charge in [0.1, 0.15) is 5.75 Å². The van der Waals surface area contributed by atoms with Gasteiger partial charge in [0.15, 0.2) is 0 Å². The molecule has 4 nitrogen and oxygen atoms in total. The van der Waals surface area contributed by atoms with E-state index >= 15 is 0 Å². The fourth-order valence-corrected chi connectivity index (χ4v) is 2.22. The molecule has 0 saturated heterocycles. The second-order valence-corrected chi connectivity index (χ2v) is 4.85. The number of benzene rings is 1. The summed E-state index contributed by atoms with van der Waals surface area (Å²) in [4.78, 5) is 24.1. The summed E-state index contributed by atoms with van der Waals surface area (Å²) >= 11 is 0. The van der Waals surface area contributed by atoms with Crippen LogP contribution in [0.4, 0.5) is 0 Å². The number of ketones is 1. The lowest BCUT2D eigenvalue weighted by atomic mass is 9.98. The Balaban J connectivity index is 3.10. The van der Waals surface area contributed by atoms with E-state index in [1.165, 1.54) is 11.8 Å². The van der Waals surface area contributed by atoms with Crippen LogP contribution < -0.4 is 4.74 Å². The number of aryl methyl sites for hydroxylation is 1. The highest BCUT2D eigenvalue weighted by Crippen LogP contribution is 2.29. The van der Waals surface area contributed by atoms with Crippen LogP contribution in [0.2, 0.25) is 0 Å². The zero-order chi connectivity index (χ0) is 14.7. The van der Waals surface area contributed by atoms with Crippen molar-refractivity contribution < 1.29 is 14.3 Å². The zero-order valence-corrected chi connectivity index (χ0v) is 12.5. The number of rotatable bonds is 4. The molecule has 0 N–H and O–H groups in total. The number of amides is 1. The Bertz CT molecular complexity index is 521. The number of likely N-dealkylation sites (N-methyl/N-ethyl adjacent to an activating group) is 1. The number of hydrogen-bond donors (Lipinski definition) is 0. The van der Waals surface area contributed by atoms with Crippen LogP contribution in [0.5, 0.6) is 5.75 Å². The molecule has 104 valence electrons. The summed E-state index contributed by atoms with van der Waals surface area (Å²) < 4.78 is 5.37. The van der Waals surface area contributed by atoms with Crippen molar-refractivity contribution in [1.29, 1.82) is 0 Å². The maximum atomic E-state index is 11.6. The molecule has 1 amide bonds. The van der Waals surface area contributed by atoms with Gasteiger partial charge in [-0.3, -0.25) is 9.59 Å². The maximum Gasteiger partial charge on any atom is 0.289 e. The van der Waals surface area contributed by atoms with Gasteiger partial charge >= 0.3 is 0 Å². The smallest absolute Gasteiger partial charge is 0.289 e. The first-order chi connectivity index (χ1) is 8.79. The van der Waals surface area contributed by atoms with Crippen LogP contribution in [-0.4, -0.2) is 30.7 Å². The third-order valence-corrected chi connectivity index (χ3v) is 3.39. The molecule has 0 aliphatic heterocycles. The maximum absolute atomic E-state index is 11.6. The van der Waals surface area contributed by atoms with Crippen molar-refractivity contribution in [2.24, 2.45) is 0 Å². The third-order valence-electron chi connectivity index (χ3n) is 3.39. The highest BCUT2D eigenvalue weighted by Gasteiger charge is 2.17. The van der Waals surface area contributed by atoms with Gasteiger partial charge < -0.3 is 9.64 Å². The van der Waals surface area contributed by atoms with Crippen molar-refractivity contribution >= 4 is 11.7 Å². The highest BCUT2D eigenvalue weighted by atomic mass is 16.5. The van der Waals surface area contributed by atoms with E-state index in [4.69, 9.17) is 4.74 Å². The van der Waals surface area contributed by atoms with Crippen molar-refractivity contribution in [3.8, 4) is 5.75 Å². The summed E-state index contributed by atoms with van der Waals surface area (Å²) in [5.74, 6) is -0.0329. The molecule has 4 heteroatoms. The average Bonchev–Trinajstić information content (AvgIpc) is 2.35. The van der Waals surface area contributed by atoms with E-state index in [1.807, 2.05) is 26.8 Å². The molecule has 1 aromatic rings. The molecule has 0 unspecified atom stereocenters. The molecule has 0 aliphatic carbocycles. The van der Waals surface area contributed by atoms with Gasteiger partial charge in [0.05, 0.1) is 7.11 Å². The first-order valence-corrected chi connectivity index (χ1v) is 6.19. The minimum absolute atomic E-state index is 0.427. The molecule has 0 atom stereocenters. The molecular weight excluding hydrogens is 242 g/mol. The first kappa shape index (κ1) is 15.2. The number of ether oxygens (including phenoxy) is 1. The molecule has 19 heavy (non-hydrogen) atoms. The topological polar surface area (TPSA) is 46.6 Å². The minimum Gasteiger partial charge on any atom is -0.496 e. The molecular formula is C15H21NO3. The molecule has 1 aromatic carbocycles. The second kappa shape index (κ2) is 5.87. The minimum atomic E-state index is -0.467. The van der Waals surface area contributed by atoms with E-state index in [1.54, 1.807) is 14.2 Å². The van der Waals surface area contributed by atoms with E-state index < -0.39 is 11.7 Å². The molecule has 0 fully saturated rings. The lowest BCUT2D eigenvalue weighted by Gasteiger charge is -2.20. The molecule has 0 aliphatic rings. The number of nitrogens with zero attached hydrogens (tertiary/aromatic N) is 1. The van der Waals surface area contributed by atoms with E-state index in [0.717, 1.165) is 28.0 Å². The molecule has 0 aromatic heterocycles. The summed E-state index contributed by atoms with van der Waals surface area (Å²) in [6.45, 7) is 7.68. The summed E-state index contributed by atoms with van der Waals surface area (Å²) in [6, 6.07) is 2.01. The van der Waals surface area contributed by atoms with Crippen LogP contribution >= 0.6 is 0 Å². The van der Waals surface area contributed by atoms with Gasteiger partial charge in [0, 0.05) is 20.5 Å². The van der Waals surface area contributed by atoms with Crippen LogP contribution in [0.3, 0.4) is 0 Å². The third kappa shape index (κ3) is 3.13. The Hall–Kier alpha value is -1.84. The van der Waals surface area contributed by atoms with E-state index in [2.05, 4.69) is 0 Å². The predicted octanol–water partition coefficient (Wildman–Crippen LogP) is 2.17. The van der Waals surface area contributed by atoms with Crippen molar-refractivity contribution in [2.75, 3.05) is 14.2 Å². The Morgan fingerprint density at radius 3 is 2.26 bits per heavy atom. The summed E-state index contributed by atoms with van der Waals surface area (Å²) in [5, 5.41) is 0. The monoisotopic (exact) mass is 263 g/mol. The Labute approximate surface area is 114 Å². The molecule has 0 bridgehead atoms. The van der Waals surface area contributed by atoms with Crippen molar-refractivity contribution in [3.63, 3.8) is 0 Å². The number of hydrogen-bond acceptors (Lipinski definition) is 3. The quantitative estimate of drug-likeness (QED) is 0.782.